The number of hydrogen-bond acceptors (Lipinski definition) is 4. The lowest BCUT2D eigenvalue weighted by Crippen LogP contribution is -1.84. The topological polar surface area (TPSA) is 56.2 Å². The highest BCUT2D eigenvalue weighted by Crippen LogP contribution is 2.18. The predicted octanol–water partition coefficient (Wildman–Crippen LogP) is 1.69. The standard InChI is InChI=1S/C10H8N4O/c1-7-12-13-10(15-7)8-2-4-14-5-3-11-9(14)6-8/h2-6H,1H3. The van der Waals surface area contributed by atoms with Crippen LogP contribution in [-0.2, 0) is 0 Å². The molecule has 0 bridgehead atoms. The van der Waals surface area contributed by atoms with E-state index >= 15 is 0 Å². The molecule has 0 spiro atoms. The van der Waals surface area contributed by atoms with Gasteiger partial charge in [-0.15, -0.1) is 10.2 Å². The summed E-state index contributed by atoms with van der Waals surface area (Å²) in [6.07, 6.45) is 5.55. The molecule has 0 aliphatic rings. The molecule has 0 amide bonds. The zero-order valence-corrected chi connectivity index (χ0v) is 8.08. The maximum absolute atomic E-state index is 5.34. The van der Waals surface area contributed by atoms with E-state index in [9.17, 15) is 0 Å². The van der Waals surface area contributed by atoms with Gasteiger partial charge in [-0.1, -0.05) is 0 Å². The number of imidazole rings is 1. The molecule has 0 aromatic carbocycles. The SMILES string of the molecule is Cc1nnc(-c2ccn3ccnc3c2)o1. The zero-order chi connectivity index (χ0) is 10.3. The summed E-state index contributed by atoms with van der Waals surface area (Å²) >= 11 is 0. The maximum Gasteiger partial charge on any atom is 0.247 e. The lowest BCUT2D eigenvalue weighted by atomic mass is 10.2. The van der Waals surface area contributed by atoms with Crippen LogP contribution < -0.4 is 0 Å². The highest BCUT2D eigenvalue weighted by atomic mass is 16.4. The van der Waals surface area contributed by atoms with E-state index in [2.05, 4.69) is 15.2 Å². The largest absolute Gasteiger partial charge is 0.421 e. The summed E-state index contributed by atoms with van der Waals surface area (Å²) in [4.78, 5) is 4.18. The quantitative estimate of drug-likeness (QED) is 0.599. The molecule has 5 heteroatoms. The first-order chi connectivity index (χ1) is 7.33. The average molecular weight is 200 g/mol. The van der Waals surface area contributed by atoms with E-state index in [-0.39, 0.29) is 0 Å². The molecule has 3 rings (SSSR count). The van der Waals surface area contributed by atoms with Gasteiger partial charge in [-0.3, -0.25) is 0 Å². The van der Waals surface area contributed by atoms with Gasteiger partial charge in [0, 0.05) is 31.1 Å². The Bertz CT molecular complexity index is 610. The fourth-order valence-electron chi connectivity index (χ4n) is 1.46. The second-order valence-corrected chi connectivity index (χ2v) is 3.23. The van der Waals surface area contributed by atoms with Crippen molar-refractivity contribution < 1.29 is 4.42 Å². The fourth-order valence-corrected chi connectivity index (χ4v) is 1.46. The Morgan fingerprint density at radius 3 is 3.00 bits per heavy atom. The molecule has 15 heavy (non-hydrogen) atoms. The third-order valence-corrected chi connectivity index (χ3v) is 2.17. The smallest absolute Gasteiger partial charge is 0.247 e. The van der Waals surface area contributed by atoms with E-state index in [1.807, 2.05) is 28.9 Å². The average Bonchev–Trinajstić information content (AvgIpc) is 2.84. The number of fused-ring (bicyclic) bond motifs is 1. The summed E-state index contributed by atoms with van der Waals surface area (Å²) < 4.78 is 7.26. The van der Waals surface area contributed by atoms with Gasteiger partial charge in [-0.05, 0) is 12.1 Å². The molecule has 0 N–H and O–H groups in total. The Morgan fingerprint density at radius 1 is 1.27 bits per heavy atom. The Balaban J connectivity index is 2.18. The second-order valence-electron chi connectivity index (χ2n) is 3.23. The van der Waals surface area contributed by atoms with Crippen LogP contribution in [0.3, 0.4) is 0 Å². The summed E-state index contributed by atoms with van der Waals surface area (Å²) in [5.41, 5.74) is 1.75. The van der Waals surface area contributed by atoms with Gasteiger partial charge in [0.2, 0.25) is 11.8 Å². The van der Waals surface area contributed by atoms with Crippen LogP contribution >= 0.6 is 0 Å². The minimum Gasteiger partial charge on any atom is -0.421 e. The highest BCUT2D eigenvalue weighted by molar-refractivity contribution is 5.59. The molecule has 5 nitrogen and oxygen atoms in total. The van der Waals surface area contributed by atoms with E-state index in [1.165, 1.54) is 0 Å². The Kier molecular flexibility index (Phi) is 1.58. The summed E-state index contributed by atoms with van der Waals surface area (Å²) in [6, 6.07) is 3.83. The minimum absolute atomic E-state index is 0.526. The molecule has 3 heterocycles. The van der Waals surface area contributed by atoms with Crippen molar-refractivity contribution in [2.45, 2.75) is 6.92 Å². The monoisotopic (exact) mass is 200 g/mol. The van der Waals surface area contributed by atoms with Gasteiger partial charge in [0.15, 0.2) is 0 Å². The van der Waals surface area contributed by atoms with Crippen LogP contribution in [0.1, 0.15) is 5.89 Å². The van der Waals surface area contributed by atoms with Crippen LogP contribution in [0.5, 0.6) is 0 Å². The number of aryl methyl sites for hydroxylation is 1. The first-order valence-electron chi connectivity index (χ1n) is 4.56. The van der Waals surface area contributed by atoms with Gasteiger partial charge < -0.3 is 8.82 Å². The van der Waals surface area contributed by atoms with Gasteiger partial charge >= 0.3 is 0 Å². The van der Waals surface area contributed by atoms with Gasteiger partial charge in [0.1, 0.15) is 5.65 Å². The van der Waals surface area contributed by atoms with Crippen molar-refractivity contribution in [1.29, 1.82) is 0 Å². The molecule has 0 saturated heterocycles. The summed E-state index contributed by atoms with van der Waals surface area (Å²) in [6.45, 7) is 1.77. The second kappa shape index (κ2) is 2.91. The minimum atomic E-state index is 0.526. The maximum atomic E-state index is 5.34. The van der Waals surface area contributed by atoms with Crippen molar-refractivity contribution in [3.8, 4) is 11.5 Å². The molecule has 0 aliphatic heterocycles. The number of rotatable bonds is 1. The lowest BCUT2D eigenvalue weighted by Gasteiger charge is -1.95. The van der Waals surface area contributed by atoms with Crippen LogP contribution in [0.2, 0.25) is 0 Å². The normalized spacial score (nSPS) is 11.0. The van der Waals surface area contributed by atoms with Gasteiger partial charge in [-0.2, -0.15) is 0 Å². The molecule has 74 valence electrons. The van der Waals surface area contributed by atoms with Crippen LogP contribution in [0, 0.1) is 6.92 Å². The predicted molar refractivity (Wildman–Crippen MR) is 53.2 cm³/mol. The van der Waals surface area contributed by atoms with Gasteiger partial charge in [0.25, 0.3) is 0 Å². The summed E-state index contributed by atoms with van der Waals surface area (Å²) in [7, 11) is 0. The molecule has 0 atom stereocenters. The Hall–Kier alpha value is -2.17. The van der Waals surface area contributed by atoms with E-state index in [4.69, 9.17) is 4.42 Å². The number of nitrogens with zero attached hydrogens (tertiary/aromatic N) is 4. The van der Waals surface area contributed by atoms with Crippen LogP contribution in [0.25, 0.3) is 17.1 Å². The van der Waals surface area contributed by atoms with Crippen molar-refractivity contribution in [3.05, 3.63) is 36.6 Å². The van der Waals surface area contributed by atoms with Crippen molar-refractivity contribution in [2.24, 2.45) is 0 Å². The molecule has 3 aromatic heterocycles. The Labute approximate surface area is 85.4 Å². The van der Waals surface area contributed by atoms with E-state index in [0.717, 1.165) is 11.2 Å². The van der Waals surface area contributed by atoms with Gasteiger partial charge in [-0.25, -0.2) is 4.98 Å². The van der Waals surface area contributed by atoms with Gasteiger partial charge in [0.05, 0.1) is 0 Å². The zero-order valence-electron chi connectivity index (χ0n) is 8.08. The third-order valence-electron chi connectivity index (χ3n) is 2.17. The third kappa shape index (κ3) is 1.28. The summed E-state index contributed by atoms with van der Waals surface area (Å²) in [5, 5.41) is 7.74. The molecule has 0 unspecified atom stereocenters. The highest BCUT2D eigenvalue weighted by Gasteiger charge is 2.06. The molecular formula is C10H8N4O. The van der Waals surface area contributed by atoms with Crippen molar-refractivity contribution in [2.75, 3.05) is 0 Å². The molecule has 0 radical (unpaired) electrons. The lowest BCUT2D eigenvalue weighted by molar-refractivity contribution is 0.532. The van der Waals surface area contributed by atoms with E-state index in [1.54, 1.807) is 13.1 Å². The first-order valence-corrected chi connectivity index (χ1v) is 4.56. The molecule has 0 fully saturated rings. The van der Waals surface area contributed by atoms with Crippen LogP contribution in [0.15, 0.2) is 35.1 Å². The molecule has 0 saturated carbocycles. The molecule has 3 aromatic rings. The van der Waals surface area contributed by atoms with Crippen LogP contribution in [0.4, 0.5) is 0 Å². The van der Waals surface area contributed by atoms with Crippen molar-refractivity contribution in [3.63, 3.8) is 0 Å². The number of pyridine rings is 1. The fraction of sp³-hybridized carbons (Fsp3) is 0.100. The number of hydrogen-bond donors (Lipinski definition) is 0. The molecule has 0 aliphatic carbocycles. The van der Waals surface area contributed by atoms with E-state index in [0.29, 0.717) is 11.8 Å². The van der Waals surface area contributed by atoms with E-state index < -0.39 is 0 Å². The number of aromatic nitrogens is 4. The molecular weight excluding hydrogens is 192 g/mol. The van der Waals surface area contributed by atoms with Crippen molar-refractivity contribution >= 4 is 5.65 Å². The first kappa shape index (κ1) is 8.16. The Morgan fingerprint density at radius 2 is 2.20 bits per heavy atom. The van der Waals surface area contributed by atoms with Crippen molar-refractivity contribution in [1.82, 2.24) is 19.6 Å². The summed E-state index contributed by atoms with van der Waals surface area (Å²) in [5.74, 6) is 1.09. The van der Waals surface area contributed by atoms with Crippen LogP contribution in [-0.4, -0.2) is 19.6 Å².